The summed E-state index contributed by atoms with van der Waals surface area (Å²) in [6.45, 7) is 9.13. The van der Waals surface area contributed by atoms with Crippen molar-refractivity contribution in [3.8, 4) is 5.75 Å². The highest BCUT2D eigenvalue weighted by Gasteiger charge is 2.34. The van der Waals surface area contributed by atoms with Crippen LogP contribution in [0.15, 0.2) is 41.4 Å². The average Bonchev–Trinajstić information content (AvgIpc) is 2.58. The number of benzene rings is 2. The standard InChI is InChI=1S/C22H28N2O/c1-15-11-21-20(16(2)13-22(3,4)24(21)5)12-17(15)14-23-18-7-9-19(25-6)10-8-18/h7-12,14,16H,13H2,1-6H3/t16-/m0/s1. The zero-order chi connectivity index (χ0) is 18.2. The van der Waals surface area contributed by atoms with Gasteiger partial charge in [0.15, 0.2) is 0 Å². The summed E-state index contributed by atoms with van der Waals surface area (Å²) in [5.74, 6) is 1.40. The van der Waals surface area contributed by atoms with Crippen LogP contribution >= 0.6 is 0 Å². The number of nitrogens with zero attached hydrogens (tertiary/aromatic N) is 2. The van der Waals surface area contributed by atoms with E-state index >= 15 is 0 Å². The van der Waals surface area contributed by atoms with Crippen LogP contribution in [0.25, 0.3) is 0 Å². The summed E-state index contributed by atoms with van der Waals surface area (Å²) < 4.78 is 5.20. The fourth-order valence-corrected chi connectivity index (χ4v) is 3.69. The molecule has 25 heavy (non-hydrogen) atoms. The van der Waals surface area contributed by atoms with Gasteiger partial charge in [-0.15, -0.1) is 0 Å². The molecule has 0 fully saturated rings. The molecule has 0 aromatic heterocycles. The maximum atomic E-state index is 5.20. The molecule has 0 saturated carbocycles. The average molecular weight is 336 g/mol. The predicted octanol–water partition coefficient (Wildman–Crippen LogP) is 5.48. The Balaban J connectivity index is 1.93. The van der Waals surface area contributed by atoms with Gasteiger partial charge in [-0.05, 0) is 86.2 Å². The molecule has 3 heteroatoms. The maximum absolute atomic E-state index is 5.20. The van der Waals surface area contributed by atoms with Gasteiger partial charge in [-0.3, -0.25) is 4.99 Å². The highest BCUT2D eigenvalue weighted by Crippen LogP contribution is 2.43. The van der Waals surface area contributed by atoms with E-state index in [1.165, 1.54) is 22.4 Å². The summed E-state index contributed by atoms with van der Waals surface area (Å²) in [6.07, 6.45) is 3.14. The van der Waals surface area contributed by atoms with Crippen LogP contribution in [0.1, 0.15) is 49.8 Å². The van der Waals surface area contributed by atoms with Crippen LogP contribution in [0, 0.1) is 6.92 Å². The Bertz CT molecular complexity index is 790. The van der Waals surface area contributed by atoms with E-state index in [1.54, 1.807) is 7.11 Å². The summed E-state index contributed by atoms with van der Waals surface area (Å²) in [4.78, 5) is 7.06. The Morgan fingerprint density at radius 1 is 1.20 bits per heavy atom. The Morgan fingerprint density at radius 2 is 1.88 bits per heavy atom. The Hall–Kier alpha value is -2.29. The third-order valence-corrected chi connectivity index (χ3v) is 5.45. The number of anilines is 1. The molecule has 1 aliphatic rings. The molecule has 0 amide bonds. The molecule has 0 N–H and O–H groups in total. The molecule has 0 spiro atoms. The Kier molecular flexibility index (Phi) is 4.59. The van der Waals surface area contributed by atoms with Crippen LogP contribution in [0.3, 0.4) is 0 Å². The lowest BCUT2D eigenvalue weighted by Gasteiger charge is -2.45. The van der Waals surface area contributed by atoms with Gasteiger partial charge >= 0.3 is 0 Å². The zero-order valence-electron chi connectivity index (χ0n) is 16.1. The summed E-state index contributed by atoms with van der Waals surface area (Å²) in [5, 5.41) is 0. The molecule has 0 radical (unpaired) electrons. The maximum Gasteiger partial charge on any atom is 0.119 e. The number of methoxy groups -OCH3 is 1. The molecule has 2 aromatic carbocycles. The van der Waals surface area contributed by atoms with Crippen LogP contribution in [-0.2, 0) is 0 Å². The van der Waals surface area contributed by atoms with Crippen molar-refractivity contribution in [3.63, 3.8) is 0 Å². The van der Waals surface area contributed by atoms with Gasteiger partial charge in [-0.25, -0.2) is 0 Å². The lowest BCUT2D eigenvalue weighted by Crippen LogP contribution is -2.45. The number of hydrogen-bond donors (Lipinski definition) is 0. The molecule has 0 aliphatic carbocycles. The van der Waals surface area contributed by atoms with Crippen molar-refractivity contribution >= 4 is 17.6 Å². The summed E-state index contributed by atoms with van der Waals surface area (Å²) >= 11 is 0. The van der Waals surface area contributed by atoms with E-state index in [9.17, 15) is 0 Å². The van der Waals surface area contributed by atoms with E-state index in [0.717, 1.165) is 17.9 Å². The van der Waals surface area contributed by atoms with Crippen molar-refractivity contribution in [2.24, 2.45) is 4.99 Å². The third kappa shape index (κ3) is 3.41. The van der Waals surface area contributed by atoms with Crippen molar-refractivity contribution in [2.45, 2.75) is 45.6 Å². The molecule has 132 valence electrons. The molecule has 3 rings (SSSR count). The van der Waals surface area contributed by atoms with Crippen LogP contribution < -0.4 is 9.64 Å². The number of rotatable bonds is 3. The quantitative estimate of drug-likeness (QED) is 0.694. The number of ether oxygens (including phenoxy) is 1. The first-order chi connectivity index (χ1) is 11.8. The van der Waals surface area contributed by atoms with E-state index in [2.05, 4.69) is 56.8 Å². The fourth-order valence-electron chi connectivity index (χ4n) is 3.69. The fraction of sp³-hybridized carbons (Fsp3) is 0.409. The van der Waals surface area contributed by atoms with Gasteiger partial charge in [-0.1, -0.05) is 6.92 Å². The molecular formula is C22H28N2O. The molecule has 0 bridgehead atoms. The van der Waals surface area contributed by atoms with Crippen LogP contribution in [0.2, 0.25) is 0 Å². The molecular weight excluding hydrogens is 308 g/mol. The van der Waals surface area contributed by atoms with Crippen LogP contribution in [0.4, 0.5) is 11.4 Å². The van der Waals surface area contributed by atoms with Gasteiger partial charge in [0.2, 0.25) is 0 Å². The van der Waals surface area contributed by atoms with Gasteiger partial charge in [0, 0.05) is 24.5 Å². The normalized spacial score (nSPS) is 19.1. The number of aliphatic imine (C=N–C) groups is 1. The summed E-state index contributed by atoms with van der Waals surface area (Å²) in [5.41, 5.74) is 6.34. The smallest absolute Gasteiger partial charge is 0.119 e. The first-order valence-corrected chi connectivity index (χ1v) is 8.88. The van der Waals surface area contributed by atoms with E-state index in [1.807, 2.05) is 30.5 Å². The van der Waals surface area contributed by atoms with E-state index in [-0.39, 0.29) is 5.54 Å². The molecule has 0 saturated heterocycles. The molecule has 1 atom stereocenters. The van der Waals surface area contributed by atoms with Gasteiger partial charge in [0.05, 0.1) is 12.8 Å². The lowest BCUT2D eigenvalue weighted by atomic mass is 9.79. The van der Waals surface area contributed by atoms with Crippen molar-refractivity contribution in [1.29, 1.82) is 0 Å². The minimum Gasteiger partial charge on any atom is -0.497 e. The topological polar surface area (TPSA) is 24.8 Å². The Morgan fingerprint density at radius 3 is 2.52 bits per heavy atom. The van der Waals surface area contributed by atoms with E-state index in [0.29, 0.717) is 5.92 Å². The molecule has 3 nitrogen and oxygen atoms in total. The highest BCUT2D eigenvalue weighted by atomic mass is 16.5. The van der Waals surface area contributed by atoms with Gasteiger partial charge in [0.25, 0.3) is 0 Å². The zero-order valence-corrected chi connectivity index (χ0v) is 16.1. The Labute approximate surface area is 151 Å². The van der Waals surface area contributed by atoms with E-state index in [4.69, 9.17) is 4.74 Å². The van der Waals surface area contributed by atoms with Crippen LogP contribution in [-0.4, -0.2) is 25.9 Å². The van der Waals surface area contributed by atoms with Gasteiger partial charge in [-0.2, -0.15) is 0 Å². The van der Waals surface area contributed by atoms with E-state index < -0.39 is 0 Å². The molecule has 2 aromatic rings. The van der Waals surface area contributed by atoms with Gasteiger partial charge in [0.1, 0.15) is 5.75 Å². The second-order valence-electron chi connectivity index (χ2n) is 7.70. The summed E-state index contributed by atoms with van der Waals surface area (Å²) in [7, 11) is 3.88. The second-order valence-corrected chi connectivity index (χ2v) is 7.70. The molecule has 1 heterocycles. The first kappa shape index (κ1) is 17.5. The molecule has 0 unspecified atom stereocenters. The number of fused-ring (bicyclic) bond motifs is 1. The highest BCUT2D eigenvalue weighted by molar-refractivity contribution is 5.86. The summed E-state index contributed by atoms with van der Waals surface area (Å²) in [6, 6.07) is 12.4. The second kappa shape index (κ2) is 6.55. The number of aryl methyl sites for hydroxylation is 1. The monoisotopic (exact) mass is 336 g/mol. The first-order valence-electron chi connectivity index (χ1n) is 8.88. The minimum atomic E-state index is 0.192. The largest absolute Gasteiger partial charge is 0.497 e. The van der Waals surface area contributed by atoms with Gasteiger partial charge < -0.3 is 9.64 Å². The van der Waals surface area contributed by atoms with Crippen molar-refractivity contribution in [3.05, 3.63) is 53.1 Å². The predicted molar refractivity (Wildman–Crippen MR) is 107 cm³/mol. The van der Waals surface area contributed by atoms with Crippen LogP contribution in [0.5, 0.6) is 5.75 Å². The van der Waals surface area contributed by atoms with Crippen molar-refractivity contribution in [1.82, 2.24) is 0 Å². The lowest BCUT2D eigenvalue weighted by molar-refractivity contribution is 0.395. The SMILES string of the molecule is COc1ccc(N=Cc2cc3c(cc2C)N(C)C(C)(C)C[C@@H]3C)cc1. The molecule has 1 aliphatic heterocycles. The third-order valence-electron chi connectivity index (χ3n) is 5.45. The minimum absolute atomic E-state index is 0.192. The number of hydrogen-bond acceptors (Lipinski definition) is 3. The van der Waals surface area contributed by atoms with Crippen molar-refractivity contribution < 1.29 is 4.74 Å². The van der Waals surface area contributed by atoms with Crippen molar-refractivity contribution in [2.75, 3.05) is 19.1 Å².